The second kappa shape index (κ2) is 5.22. The van der Waals surface area contributed by atoms with Crippen molar-refractivity contribution in [2.45, 2.75) is 13.8 Å². The lowest BCUT2D eigenvalue weighted by molar-refractivity contribution is 0.103. The summed E-state index contributed by atoms with van der Waals surface area (Å²) in [5.41, 5.74) is 2.60. The maximum absolute atomic E-state index is 13.4. The van der Waals surface area contributed by atoms with Crippen LogP contribution in [-0.4, -0.2) is 12.9 Å². The number of ether oxygens (including phenoxy) is 1. The van der Waals surface area contributed by atoms with Crippen molar-refractivity contribution in [3.63, 3.8) is 0 Å². The average Bonchev–Trinajstić information content (AvgIpc) is 2.38. The highest BCUT2D eigenvalue weighted by molar-refractivity contribution is 6.12. The molecule has 0 saturated carbocycles. The molecule has 0 spiro atoms. The van der Waals surface area contributed by atoms with Gasteiger partial charge in [0.1, 0.15) is 11.6 Å². The number of methoxy groups -OCH3 is 1. The molecule has 2 nitrogen and oxygen atoms in total. The Morgan fingerprint density at radius 3 is 2.32 bits per heavy atom. The second-order valence-corrected chi connectivity index (χ2v) is 4.44. The van der Waals surface area contributed by atoms with Crippen molar-refractivity contribution in [1.29, 1.82) is 0 Å². The first-order valence-corrected chi connectivity index (χ1v) is 5.99. The van der Waals surface area contributed by atoms with Crippen molar-refractivity contribution in [3.8, 4) is 5.75 Å². The Balaban J connectivity index is 2.59. The molecule has 0 bridgehead atoms. The molecule has 2 aromatic rings. The van der Waals surface area contributed by atoms with Gasteiger partial charge < -0.3 is 4.74 Å². The third kappa shape index (κ3) is 2.50. The molecule has 2 aromatic carbocycles. The fraction of sp³-hybridized carbons (Fsp3) is 0.188. The largest absolute Gasteiger partial charge is 0.496 e. The fourth-order valence-corrected chi connectivity index (χ4v) is 2.16. The van der Waals surface area contributed by atoms with Crippen molar-refractivity contribution in [3.05, 3.63) is 64.5 Å². The van der Waals surface area contributed by atoms with Crippen molar-refractivity contribution < 1.29 is 13.9 Å². The number of benzene rings is 2. The van der Waals surface area contributed by atoms with Crippen LogP contribution in [0.1, 0.15) is 27.0 Å². The van der Waals surface area contributed by atoms with Crippen LogP contribution in [0.3, 0.4) is 0 Å². The number of carbonyl (C=O) groups is 1. The third-order valence-corrected chi connectivity index (χ3v) is 3.11. The van der Waals surface area contributed by atoms with Gasteiger partial charge in [-0.25, -0.2) is 4.39 Å². The molecule has 0 aromatic heterocycles. The van der Waals surface area contributed by atoms with Gasteiger partial charge in [-0.3, -0.25) is 4.79 Å². The van der Waals surface area contributed by atoms with Crippen molar-refractivity contribution in [1.82, 2.24) is 0 Å². The summed E-state index contributed by atoms with van der Waals surface area (Å²) in [6.45, 7) is 3.73. The van der Waals surface area contributed by atoms with E-state index in [-0.39, 0.29) is 11.3 Å². The molecule has 98 valence electrons. The minimum absolute atomic E-state index is 0.216. The van der Waals surface area contributed by atoms with Gasteiger partial charge in [-0.15, -0.1) is 0 Å². The van der Waals surface area contributed by atoms with Crippen molar-refractivity contribution in [2.75, 3.05) is 7.11 Å². The van der Waals surface area contributed by atoms with E-state index in [2.05, 4.69) is 0 Å². The van der Waals surface area contributed by atoms with Gasteiger partial charge in [0.05, 0.1) is 12.7 Å². The zero-order valence-corrected chi connectivity index (χ0v) is 11.2. The van der Waals surface area contributed by atoms with E-state index < -0.39 is 5.82 Å². The summed E-state index contributed by atoms with van der Waals surface area (Å²) in [5, 5.41) is 0. The van der Waals surface area contributed by atoms with Crippen LogP contribution in [0.2, 0.25) is 0 Å². The molecule has 0 aliphatic carbocycles. The van der Waals surface area contributed by atoms with Gasteiger partial charge in [-0.1, -0.05) is 18.2 Å². The molecular formula is C16H15FO2. The van der Waals surface area contributed by atoms with E-state index in [1.54, 1.807) is 0 Å². The maximum Gasteiger partial charge on any atom is 0.197 e. The Kier molecular flexibility index (Phi) is 3.65. The first-order chi connectivity index (χ1) is 9.04. The van der Waals surface area contributed by atoms with Crippen LogP contribution in [0, 0.1) is 19.7 Å². The van der Waals surface area contributed by atoms with Gasteiger partial charge in [-0.2, -0.15) is 0 Å². The first kappa shape index (κ1) is 13.3. The summed E-state index contributed by atoms with van der Waals surface area (Å²) in [6.07, 6.45) is 0. The third-order valence-electron chi connectivity index (χ3n) is 3.11. The maximum atomic E-state index is 13.4. The number of carbonyl (C=O) groups excluding carboxylic acids is 1. The number of hydrogen-bond donors (Lipinski definition) is 0. The van der Waals surface area contributed by atoms with Crippen LogP contribution in [0.5, 0.6) is 5.75 Å². The molecule has 0 unspecified atom stereocenters. The minimum atomic E-state index is -0.449. The molecule has 2 rings (SSSR count). The smallest absolute Gasteiger partial charge is 0.197 e. The SMILES string of the molecule is COc1ccc(F)cc1C(=O)c1c(C)cccc1C. The summed E-state index contributed by atoms with van der Waals surface area (Å²) in [6, 6.07) is 9.59. The van der Waals surface area contributed by atoms with E-state index in [0.29, 0.717) is 11.3 Å². The van der Waals surface area contributed by atoms with E-state index in [0.717, 1.165) is 11.1 Å². The van der Waals surface area contributed by atoms with Crippen LogP contribution in [-0.2, 0) is 0 Å². The quantitative estimate of drug-likeness (QED) is 0.785. The summed E-state index contributed by atoms with van der Waals surface area (Å²) in [5.74, 6) is -0.281. The Morgan fingerprint density at radius 2 is 1.74 bits per heavy atom. The van der Waals surface area contributed by atoms with E-state index >= 15 is 0 Å². The molecule has 0 aliphatic heterocycles. The Hall–Kier alpha value is -2.16. The molecule has 0 fully saturated rings. The van der Waals surface area contributed by atoms with E-state index in [9.17, 15) is 9.18 Å². The lowest BCUT2D eigenvalue weighted by atomic mass is 9.94. The van der Waals surface area contributed by atoms with Gasteiger partial charge in [0, 0.05) is 5.56 Å². The summed E-state index contributed by atoms with van der Waals surface area (Å²) in [4.78, 5) is 12.6. The standard InChI is InChI=1S/C16H15FO2/c1-10-5-4-6-11(2)15(10)16(18)13-9-12(17)7-8-14(13)19-3/h4-9H,1-3H3. The van der Waals surface area contributed by atoms with Gasteiger partial charge in [0.15, 0.2) is 5.78 Å². The van der Waals surface area contributed by atoms with Crippen LogP contribution in [0.25, 0.3) is 0 Å². The summed E-state index contributed by atoms with van der Waals surface area (Å²) < 4.78 is 18.5. The monoisotopic (exact) mass is 258 g/mol. The highest BCUT2D eigenvalue weighted by atomic mass is 19.1. The molecule has 0 aliphatic rings. The predicted octanol–water partition coefficient (Wildman–Crippen LogP) is 3.68. The number of rotatable bonds is 3. The van der Waals surface area contributed by atoms with Gasteiger partial charge in [0.2, 0.25) is 0 Å². The molecule has 0 N–H and O–H groups in total. The zero-order chi connectivity index (χ0) is 14.0. The highest BCUT2D eigenvalue weighted by Gasteiger charge is 2.18. The van der Waals surface area contributed by atoms with Crippen LogP contribution >= 0.6 is 0 Å². The van der Waals surface area contributed by atoms with Crippen molar-refractivity contribution in [2.24, 2.45) is 0 Å². The number of ketones is 1. The van der Waals surface area contributed by atoms with Crippen LogP contribution in [0.4, 0.5) is 4.39 Å². The van der Waals surface area contributed by atoms with E-state index in [4.69, 9.17) is 4.74 Å². The fourth-order valence-electron chi connectivity index (χ4n) is 2.16. The van der Waals surface area contributed by atoms with Crippen molar-refractivity contribution >= 4 is 5.78 Å². The Bertz CT molecular complexity index is 612. The van der Waals surface area contributed by atoms with Gasteiger partial charge in [-0.05, 0) is 43.2 Å². The highest BCUT2D eigenvalue weighted by Crippen LogP contribution is 2.25. The Labute approximate surface area is 111 Å². The van der Waals surface area contributed by atoms with Crippen LogP contribution < -0.4 is 4.74 Å². The number of aryl methyl sites for hydroxylation is 2. The molecule has 3 heteroatoms. The van der Waals surface area contributed by atoms with Gasteiger partial charge >= 0.3 is 0 Å². The molecule has 0 saturated heterocycles. The molecule has 19 heavy (non-hydrogen) atoms. The average molecular weight is 258 g/mol. The Morgan fingerprint density at radius 1 is 1.11 bits per heavy atom. The normalized spacial score (nSPS) is 10.3. The molecule has 0 amide bonds. The summed E-state index contributed by atoms with van der Waals surface area (Å²) in [7, 11) is 1.47. The van der Waals surface area contributed by atoms with Gasteiger partial charge in [0.25, 0.3) is 0 Å². The molecule has 0 radical (unpaired) electrons. The second-order valence-electron chi connectivity index (χ2n) is 4.44. The van der Waals surface area contributed by atoms with E-state index in [1.165, 1.54) is 25.3 Å². The molecule has 0 atom stereocenters. The minimum Gasteiger partial charge on any atom is -0.496 e. The topological polar surface area (TPSA) is 26.3 Å². The molecular weight excluding hydrogens is 243 g/mol. The lowest BCUT2D eigenvalue weighted by Crippen LogP contribution is -2.08. The number of hydrogen-bond acceptors (Lipinski definition) is 2. The molecule has 0 heterocycles. The predicted molar refractivity (Wildman–Crippen MR) is 72.3 cm³/mol. The van der Waals surface area contributed by atoms with E-state index in [1.807, 2.05) is 32.0 Å². The van der Waals surface area contributed by atoms with Crippen LogP contribution in [0.15, 0.2) is 36.4 Å². The number of halogens is 1. The lowest BCUT2D eigenvalue weighted by Gasteiger charge is -2.11. The summed E-state index contributed by atoms with van der Waals surface area (Å²) >= 11 is 0. The zero-order valence-electron chi connectivity index (χ0n) is 11.2. The first-order valence-electron chi connectivity index (χ1n) is 5.99.